The maximum atomic E-state index is 12.7. The number of halogens is 1. The van der Waals surface area contributed by atoms with Gasteiger partial charge in [-0.15, -0.1) is 11.6 Å². The summed E-state index contributed by atoms with van der Waals surface area (Å²) in [4.78, 5) is 0. The average molecular weight is 323 g/mol. The molecule has 0 radical (unpaired) electrons. The van der Waals surface area contributed by atoms with E-state index in [0.29, 0.717) is 43.4 Å². The Hall–Kier alpha value is 0.160. The molecule has 2 saturated heterocycles. The van der Waals surface area contributed by atoms with Crippen LogP contribution in [0.4, 0.5) is 0 Å². The third-order valence-electron chi connectivity index (χ3n) is 5.14. The van der Waals surface area contributed by atoms with Crippen molar-refractivity contribution in [3.8, 4) is 0 Å². The second kappa shape index (κ2) is 6.51. The van der Waals surface area contributed by atoms with Crippen molar-refractivity contribution in [3.63, 3.8) is 0 Å². The molecule has 0 saturated carbocycles. The van der Waals surface area contributed by atoms with E-state index < -0.39 is 10.2 Å². The monoisotopic (exact) mass is 322 g/mol. The van der Waals surface area contributed by atoms with Crippen LogP contribution in [0.1, 0.15) is 46.0 Å². The highest BCUT2D eigenvalue weighted by atomic mass is 35.5. The third kappa shape index (κ3) is 3.49. The quantitative estimate of drug-likeness (QED) is 0.747. The summed E-state index contributed by atoms with van der Waals surface area (Å²) in [6.45, 7) is 7.02. The first kappa shape index (κ1) is 16.5. The van der Waals surface area contributed by atoms with Crippen LogP contribution in [0.15, 0.2) is 0 Å². The molecule has 6 heteroatoms. The van der Waals surface area contributed by atoms with Gasteiger partial charge in [-0.3, -0.25) is 0 Å². The lowest BCUT2D eigenvalue weighted by Crippen LogP contribution is -2.51. The van der Waals surface area contributed by atoms with E-state index in [9.17, 15) is 8.42 Å². The SMILES string of the molecule is CCC1(C)CCN(S(=O)(=O)N2CCCC(CCl)C2)CC1. The molecule has 2 fully saturated rings. The molecule has 0 aromatic heterocycles. The van der Waals surface area contributed by atoms with Crippen LogP contribution in [0.3, 0.4) is 0 Å². The molecule has 1 unspecified atom stereocenters. The van der Waals surface area contributed by atoms with Gasteiger partial charge in [-0.05, 0) is 37.0 Å². The summed E-state index contributed by atoms with van der Waals surface area (Å²) in [5.41, 5.74) is 0.312. The molecule has 2 heterocycles. The lowest BCUT2D eigenvalue weighted by Gasteiger charge is -2.41. The zero-order valence-corrected chi connectivity index (χ0v) is 14.2. The first-order valence-corrected chi connectivity index (χ1v) is 9.65. The van der Waals surface area contributed by atoms with Gasteiger partial charge in [0.15, 0.2) is 0 Å². The summed E-state index contributed by atoms with van der Waals surface area (Å²) in [5.74, 6) is 0.866. The normalized spacial score (nSPS) is 29.4. The number of hydrogen-bond donors (Lipinski definition) is 0. The van der Waals surface area contributed by atoms with Gasteiger partial charge in [0.2, 0.25) is 0 Å². The Kier molecular flexibility index (Phi) is 5.38. The molecule has 2 aliphatic rings. The first-order valence-electron chi connectivity index (χ1n) is 7.72. The summed E-state index contributed by atoms with van der Waals surface area (Å²) in [6, 6.07) is 0. The molecular formula is C14H27ClN2O2S. The second-order valence-electron chi connectivity index (χ2n) is 6.59. The predicted octanol–water partition coefficient (Wildman–Crippen LogP) is 2.69. The van der Waals surface area contributed by atoms with Gasteiger partial charge >= 0.3 is 0 Å². The van der Waals surface area contributed by atoms with Crippen LogP contribution in [0.2, 0.25) is 0 Å². The zero-order chi connectivity index (χ0) is 14.8. The van der Waals surface area contributed by atoms with Gasteiger partial charge in [0.1, 0.15) is 0 Å². The van der Waals surface area contributed by atoms with Gasteiger partial charge in [-0.25, -0.2) is 0 Å². The van der Waals surface area contributed by atoms with Crippen LogP contribution in [-0.4, -0.2) is 49.1 Å². The first-order chi connectivity index (χ1) is 9.41. The fourth-order valence-corrected chi connectivity index (χ4v) is 5.12. The van der Waals surface area contributed by atoms with E-state index in [4.69, 9.17) is 11.6 Å². The molecule has 118 valence electrons. The van der Waals surface area contributed by atoms with Crippen LogP contribution in [-0.2, 0) is 10.2 Å². The maximum absolute atomic E-state index is 12.7. The molecule has 0 aromatic carbocycles. The third-order valence-corrected chi connectivity index (χ3v) is 7.57. The highest BCUT2D eigenvalue weighted by Crippen LogP contribution is 2.35. The van der Waals surface area contributed by atoms with Crippen LogP contribution in [0.5, 0.6) is 0 Å². The number of nitrogens with zero attached hydrogens (tertiary/aromatic N) is 2. The Morgan fingerprint density at radius 2 is 1.85 bits per heavy atom. The van der Waals surface area contributed by atoms with Crippen molar-refractivity contribution >= 4 is 21.8 Å². The van der Waals surface area contributed by atoms with Gasteiger partial charge in [0, 0.05) is 32.1 Å². The highest BCUT2D eigenvalue weighted by Gasteiger charge is 2.38. The number of rotatable bonds is 4. The number of hydrogen-bond acceptors (Lipinski definition) is 2. The van der Waals surface area contributed by atoms with Crippen molar-refractivity contribution in [2.24, 2.45) is 11.3 Å². The summed E-state index contributed by atoms with van der Waals surface area (Å²) in [7, 11) is -3.28. The minimum Gasteiger partial charge on any atom is -0.195 e. The van der Waals surface area contributed by atoms with Crippen LogP contribution < -0.4 is 0 Å². The van der Waals surface area contributed by atoms with Gasteiger partial charge in [0.25, 0.3) is 10.2 Å². The Balaban J connectivity index is 2.00. The second-order valence-corrected chi connectivity index (χ2v) is 8.83. The topological polar surface area (TPSA) is 40.6 Å². The summed E-state index contributed by atoms with van der Waals surface area (Å²) >= 11 is 5.90. The molecule has 2 rings (SSSR count). The van der Waals surface area contributed by atoms with Crippen molar-refractivity contribution in [2.45, 2.75) is 46.0 Å². The summed E-state index contributed by atoms with van der Waals surface area (Å²) in [5, 5.41) is 0. The molecule has 0 aromatic rings. The summed E-state index contributed by atoms with van der Waals surface area (Å²) in [6.07, 6.45) is 5.03. The molecule has 20 heavy (non-hydrogen) atoms. The van der Waals surface area contributed by atoms with Crippen molar-refractivity contribution in [1.82, 2.24) is 8.61 Å². The van der Waals surface area contributed by atoms with E-state index in [0.717, 1.165) is 32.1 Å². The van der Waals surface area contributed by atoms with E-state index in [-0.39, 0.29) is 0 Å². The Bertz CT molecular complexity index is 419. The highest BCUT2D eigenvalue weighted by molar-refractivity contribution is 7.86. The molecule has 1 atom stereocenters. The molecule has 4 nitrogen and oxygen atoms in total. The van der Waals surface area contributed by atoms with E-state index >= 15 is 0 Å². The van der Waals surface area contributed by atoms with Gasteiger partial charge < -0.3 is 0 Å². The Morgan fingerprint density at radius 1 is 1.20 bits per heavy atom. The predicted molar refractivity (Wildman–Crippen MR) is 83.1 cm³/mol. The smallest absolute Gasteiger partial charge is 0.195 e. The van der Waals surface area contributed by atoms with Crippen molar-refractivity contribution in [1.29, 1.82) is 0 Å². The molecule has 0 N–H and O–H groups in total. The van der Waals surface area contributed by atoms with E-state index in [2.05, 4.69) is 13.8 Å². The van der Waals surface area contributed by atoms with Crippen molar-refractivity contribution in [3.05, 3.63) is 0 Å². The minimum absolute atomic E-state index is 0.311. The van der Waals surface area contributed by atoms with Crippen LogP contribution in [0.25, 0.3) is 0 Å². The van der Waals surface area contributed by atoms with E-state index in [1.54, 1.807) is 8.61 Å². The molecule has 2 aliphatic heterocycles. The minimum atomic E-state index is -3.28. The van der Waals surface area contributed by atoms with Crippen LogP contribution in [0, 0.1) is 11.3 Å². The molecule has 0 bridgehead atoms. The molecule has 0 amide bonds. The Morgan fingerprint density at radius 3 is 2.40 bits per heavy atom. The standard InChI is InChI=1S/C14H27ClN2O2S/c1-3-14(2)6-9-16(10-7-14)20(18,19)17-8-4-5-13(11-15)12-17/h13H,3-12H2,1-2H3. The molecule has 0 aliphatic carbocycles. The van der Waals surface area contributed by atoms with E-state index in [1.807, 2.05) is 0 Å². The zero-order valence-electron chi connectivity index (χ0n) is 12.6. The van der Waals surface area contributed by atoms with Crippen molar-refractivity contribution in [2.75, 3.05) is 32.1 Å². The number of alkyl halides is 1. The van der Waals surface area contributed by atoms with Gasteiger partial charge in [0.05, 0.1) is 0 Å². The average Bonchev–Trinajstić information content (AvgIpc) is 2.48. The fourth-order valence-electron chi connectivity index (χ4n) is 3.14. The largest absolute Gasteiger partial charge is 0.281 e. The van der Waals surface area contributed by atoms with Gasteiger partial charge in [-0.1, -0.05) is 20.3 Å². The molecular weight excluding hydrogens is 296 g/mol. The summed E-state index contributed by atoms with van der Waals surface area (Å²) < 4.78 is 28.8. The lowest BCUT2D eigenvalue weighted by atomic mass is 9.79. The van der Waals surface area contributed by atoms with Gasteiger partial charge in [-0.2, -0.15) is 17.0 Å². The maximum Gasteiger partial charge on any atom is 0.281 e. The lowest BCUT2D eigenvalue weighted by molar-refractivity contribution is 0.158. The van der Waals surface area contributed by atoms with Crippen LogP contribution >= 0.6 is 11.6 Å². The molecule has 0 spiro atoms. The fraction of sp³-hybridized carbons (Fsp3) is 1.00. The van der Waals surface area contributed by atoms with E-state index in [1.165, 1.54) is 0 Å². The van der Waals surface area contributed by atoms with Crippen molar-refractivity contribution < 1.29 is 8.42 Å². The Labute approximate surface area is 128 Å². The number of piperidine rings is 2.